The van der Waals surface area contributed by atoms with Gasteiger partial charge < -0.3 is 9.47 Å². The van der Waals surface area contributed by atoms with Crippen molar-refractivity contribution in [3.63, 3.8) is 0 Å². The van der Waals surface area contributed by atoms with Crippen LogP contribution in [0.15, 0.2) is 46.9 Å². The van der Waals surface area contributed by atoms with Crippen LogP contribution in [0.4, 0.5) is 0 Å². The van der Waals surface area contributed by atoms with Crippen LogP contribution in [0.5, 0.6) is 11.5 Å². The predicted molar refractivity (Wildman–Crippen MR) is 75.0 cm³/mol. The summed E-state index contributed by atoms with van der Waals surface area (Å²) in [6, 6.07) is 12.6. The lowest BCUT2D eigenvalue weighted by atomic mass is 10.0. The molecule has 0 saturated carbocycles. The van der Waals surface area contributed by atoms with Crippen LogP contribution in [0, 0.1) is 0 Å². The van der Waals surface area contributed by atoms with Crippen molar-refractivity contribution in [1.29, 1.82) is 0 Å². The second-order valence-electron chi connectivity index (χ2n) is 4.17. The molecule has 0 aromatic heterocycles. The number of rotatable bonds is 2. The van der Waals surface area contributed by atoms with Crippen molar-refractivity contribution >= 4 is 21.7 Å². The summed E-state index contributed by atoms with van der Waals surface area (Å²) in [4.78, 5) is 12.4. The molecule has 19 heavy (non-hydrogen) atoms. The van der Waals surface area contributed by atoms with E-state index >= 15 is 0 Å². The molecule has 0 N–H and O–H groups in total. The third-order valence-corrected chi connectivity index (χ3v) is 3.61. The number of carbonyl (C=O) groups excluding carboxylic acids is 1. The zero-order chi connectivity index (χ0) is 13.2. The molecule has 3 nitrogen and oxygen atoms in total. The number of ketones is 1. The third-order valence-electron chi connectivity index (χ3n) is 2.92. The first-order chi connectivity index (χ1) is 9.25. The van der Waals surface area contributed by atoms with Crippen molar-refractivity contribution in [3.05, 3.63) is 58.1 Å². The molecule has 0 radical (unpaired) electrons. The highest BCUT2D eigenvalue weighted by Crippen LogP contribution is 2.32. The molecule has 2 aromatic rings. The van der Waals surface area contributed by atoms with E-state index in [0.29, 0.717) is 35.8 Å². The Hall–Kier alpha value is -1.81. The molecule has 4 heteroatoms. The Balaban J connectivity index is 1.98. The van der Waals surface area contributed by atoms with E-state index in [-0.39, 0.29) is 5.78 Å². The number of fused-ring (bicyclic) bond motifs is 1. The summed E-state index contributed by atoms with van der Waals surface area (Å²) in [5, 5.41) is 0. The normalized spacial score (nSPS) is 13.1. The second-order valence-corrected chi connectivity index (χ2v) is 5.02. The minimum absolute atomic E-state index is 0.0375. The number of halogens is 1. The smallest absolute Gasteiger partial charge is 0.194 e. The quantitative estimate of drug-likeness (QED) is 0.796. The van der Waals surface area contributed by atoms with Gasteiger partial charge in [-0.15, -0.1) is 0 Å². The summed E-state index contributed by atoms with van der Waals surface area (Å²) < 4.78 is 11.7. The molecule has 0 unspecified atom stereocenters. The Morgan fingerprint density at radius 3 is 2.53 bits per heavy atom. The van der Waals surface area contributed by atoms with Crippen LogP contribution in [-0.2, 0) is 0 Å². The second kappa shape index (κ2) is 5.05. The molecule has 1 heterocycles. The van der Waals surface area contributed by atoms with Gasteiger partial charge in [-0.3, -0.25) is 4.79 Å². The largest absolute Gasteiger partial charge is 0.486 e. The minimum atomic E-state index is -0.0375. The van der Waals surface area contributed by atoms with E-state index < -0.39 is 0 Å². The first-order valence-electron chi connectivity index (χ1n) is 5.94. The van der Waals surface area contributed by atoms with Crippen molar-refractivity contribution < 1.29 is 14.3 Å². The molecule has 0 atom stereocenters. The standard InChI is InChI=1S/C15H11BrO3/c16-12-4-2-1-3-11(12)15(17)10-5-6-13-14(9-10)19-8-7-18-13/h1-6,9H,7-8H2. The summed E-state index contributed by atoms with van der Waals surface area (Å²) in [6.07, 6.45) is 0. The highest BCUT2D eigenvalue weighted by atomic mass is 79.9. The van der Waals surface area contributed by atoms with Gasteiger partial charge in [-0.25, -0.2) is 0 Å². The van der Waals surface area contributed by atoms with Crippen molar-refractivity contribution in [2.75, 3.05) is 13.2 Å². The Morgan fingerprint density at radius 2 is 1.74 bits per heavy atom. The lowest BCUT2D eigenvalue weighted by Crippen LogP contribution is -2.16. The molecule has 3 rings (SSSR count). The van der Waals surface area contributed by atoms with E-state index in [2.05, 4.69) is 15.9 Å². The highest BCUT2D eigenvalue weighted by molar-refractivity contribution is 9.10. The van der Waals surface area contributed by atoms with E-state index in [1.807, 2.05) is 18.2 Å². The molecular weight excluding hydrogens is 308 g/mol. The van der Waals surface area contributed by atoms with Gasteiger partial charge in [0.1, 0.15) is 13.2 Å². The number of hydrogen-bond donors (Lipinski definition) is 0. The monoisotopic (exact) mass is 318 g/mol. The maximum Gasteiger partial charge on any atom is 0.194 e. The van der Waals surface area contributed by atoms with Crippen molar-refractivity contribution in [3.8, 4) is 11.5 Å². The van der Waals surface area contributed by atoms with Crippen LogP contribution in [0.2, 0.25) is 0 Å². The number of ether oxygens (including phenoxy) is 2. The molecule has 0 amide bonds. The highest BCUT2D eigenvalue weighted by Gasteiger charge is 2.17. The van der Waals surface area contributed by atoms with Gasteiger partial charge in [0.2, 0.25) is 0 Å². The van der Waals surface area contributed by atoms with Gasteiger partial charge >= 0.3 is 0 Å². The van der Waals surface area contributed by atoms with Crippen LogP contribution in [0.3, 0.4) is 0 Å². The Morgan fingerprint density at radius 1 is 1.00 bits per heavy atom. The van der Waals surface area contributed by atoms with Crippen LogP contribution in [-0.4, -0.2) is 19.0 Å². The average Bonchev–Trinajstić information content (AvgIpc) is 2.46. The Labute approximate surface area is 119 Å². The zero-order valence-corrected chi connectivity index (χ0v) is 11.6. The minimum Gasteiger partial charge on any atom is -0.486 e. The first kappa shape index (κ1) is 12.2. The van der Waals surface area contributed by atoms with E-state index in [0.717, 1.165) is 4.47 Å². The van der Waals surface area contributed by atoms with Crippen LogP contribution < -0.4 is 9.47 Å². The zero-order valence-electron chi connectivity index (χ0n) is 10.1. The van der Waals surface area contributed by atoms with Crippen molar-refractivity contribution in [2.24, 2.45) is 0 Å². The summed E-state index contributed by atoms with van der Waals surface area (Å²) >= 11 is 3.39. The maximum atomic E-state index is 12.4. The first-order valence-corrected chi connectivity index (χ1v) is 6.74. The fourth-order valence-corrected chi connectivity index (χ4v) is 2.45. The van der Waals surface area contributed by atoms with Gasteiger partial charge in [0.25, 0.3) is 0 Å². The van der Waals surface area contributed by atoms with Gasteiger partial charge in [0.15, 0.2) is 17.3 Å². The summed E-state index contributed by atoms with van der Waals surface area (Å²) in [5.41, 5.74) is 1.23. The Kier molecular flexibility index (Phi) is 3.25. The fraction of sp³-hybridized carbons (Fsp3) is 0.133. The number of carbonyl (C=O) groups is 1. The third kappa shape index (κ3) is 2.36. The summed E-state index contributed by atoms with van der Waals surface area (Å²) in [6.45, 7) is 1.06. The molecule has 2 aromatic carbocycles. The topological polar surface area (TPSA) is 35.5 Å². The average molecular weight is 319 g/mol. The molecule has 0 bridgehead atoms. The van der Waals surface area contributed by atoms with E-state index in [9.17, 15) is 4.79 Å². The summed E-state index contributed by atoms with van der Waals surface area (Å²) in [7, 11) is 0. The van der Waals surface area contributed by atoms with Gasteiger partial charge in [-0.2, -0.15) is 0 Å². The van der Waals surface area contributed by atoms with Crippen molar-refractivity contribution in [1.82, 2.24) is 0 Å². The summed E-state index contributed by atoms with van der Waals surface area (Å²) in [5.74, 6) is 1.28. The van der Waals surface area contributed by atoms with Gasteiger partial charge in [0.05, 0.1) is 0 Å². The molecular formula is C15H11BrO3. The van der Waals surface area contributed by atoms with E-state index in [1.54, 1.807) is 24.3 Å². The molecule has 96 valence electrons. The Bertz CT molecular complexity index is 637. The lowest BCUT2D eigenvalue weighted by molar-refractivity contribution is 0.103. The van der Waals surface area contributed by atoms with Gasteiger partial charge in [-0.1, -0.05) is 28.1 Å². The lowest BCUT2D eigenvalue weighted by Gasteiger charge is -2.18. The van der Waals surface area contributed by atoms with Crippen molar-refractivity contribution in [2.45, 2.75) is 0 Å². The molecule has 0 spiro atoms. The van der Waals surface area contributed by atoms with Gasteiger partial charge in [-0.05, 0) is 30.3 Å². The fourth-order valence-electron chi connectivity index (χ4n) is 1.99. The number of benzene rings is 2. The SMILES string of the molecule is O=C(c1ccc2c(c1)OCCO2)c1ccccc1Br. The molecule has 1 aliphatic heterocycles. The molecule has 0 fully saturated rings. The van der Waals surface area contributed by atoms with Gasteiger partial charge in [0, 0.05) is 15.6 Å². The maximum absolute atomic E-state index is 12.4. The van der Waals surface area contributed by atoms with E-state index in [1.165, 1.54) is 0 Å². The van der Waals surface area contributed by atoms with Crippen LogP contribution in [0.25, 0.3) is 0 Å². The number of hydrogen-bond acceptors (Lipinski definition) is 3. The molecule has 0 aliphatic carbocycles. The van der Waals surface area contributed by atoms with Crippen LogP contribution in [0.1, 0.15) is 15.9 Å². The molecule has 1 aliphatic rings. The van der Waals surface area contributed by atoms with E-state index in [4.69, 9.17) is 9.47 Å². The van der Waals surface area contributed by atoms with Crippen LogP contribution >= 0.6 is 15.9 Å². The molecule has 0 saturated heterocycles. The predicted octanol–water partition coefficient (Wildman–Crippen LogP) is 3.45.